The SMILES string of the molecule is CCOC(=O)CS(=O)(=O)N(C/C=C/C1=CCC(=N)C(NC(=O)OC(C)(C)C)=C1C)c1ccc(OC2CCN(C)CC2)c(Cl)c1. The van der Waals surface area contributed by atoms with Gasteiger partial charge in [-0.1, -0.05) is 29.8 Å². The summed E-state index contributed by atoms with van der Waals surface area (Å²) in [5, 5.41) is 11.2. The maximum Gasteiger partial charge on any atom is 0.412 e. The molecule has 1 amide bonds. The Morgan fingerprint density at radius 2 is 1.91 bits per heavy atom. The molecule has 1 aliphatic heterocycles. The number of alkyl carbamates (subject to hydrolysis) is 1. The minimum Gasteiger partial charge on any atom is -0.489 e. The molecule has 1 aliphatic carbocycles. The third-order valence-electron chi connectivity index (χ3n) is 6.93. The molecule has 242 valence electrons. The molecule has 3 rings (SSSR count). The van der Waals surface area contributed by atoms with Crippen molar-refractivity contribution in [2.45, 2.75) is 65.6 Å². The lowest BCUT2D eigenvalue weighted by Gasteiger charge is -2.30. The van der Waals surface area contributed by atoms with Gasteiger partial charge in [-0.25, -0.2) is 13.2 Å². The van der Waals surface area contributed by atoms with Crippen LogP contribution in [0.2, 0.25) is 5.02 Å². The van der Waals surface area contributed by atoms with Crippen LogP contribution in [-0.4, -0.2) is 81.8 Å². The second-order valence-corrected chi connectivity index (χ2v) is 14.0. The number of ether oxygens (including phenoxy) is 3. The molecule has 2 aliphatic rings. The summed E-state index contributed by atoms with van der Waals surface area (Å²) in [5.74, 6) is -1.24. The van der Waals surface area contributed by atoms with Crippen LogP contribution in [0.25, 0.3) is 0 Å². The van der Waals surface area contributed by atoms with Gasteiger partial charge in [-0.3, -0.25) is 14.4 Å². The molecule has 0 radical (unpaired) electrons. The molecule has 0 atom stereocenters. The quantitative estimate of drug-likeness (QED) is 0.311. The Bertz CT molecular complexity index is 1440. The predicted molar refractivity (Wildman–Crippen MR) is 172 cm³/mol. The number of sulfonamides is 1. The summed E-state index contributed by atoms with van der Waals surface area (Å²) in [6, 6.07) is 4.75. The number of rotatable bonds is 11. The van der Waals surface area contributed by atoms with E-state index in [4.69, 9.17) is 31.2 Å². The number of carbonyl (C=O) groups excluding carboxylic acids is 2. The van der Waals surface area contributed by atoms with Crippen LogP contribution in [0, 0.1) is 5.41 Å². The Labute approximate surface area is 265 Å². The first kappa shape index (κ1) is 35.1. The van der Waals surface area contributed by atoms with Gasteiger partial charge in [0.15, 0.2) is 5.75 Å². The van der Waals surface area contributed by atoms with Gasteiger partial charge in [0.1, 0.15) is 17.5 Å². The summed E-state index contributed by atoms with van der Waals surface area (Å²) in [6.07, 6.45) is 6.49. The molecule has 0 unspecified atom stereocenters. The van der Waals surface area contributed by atoms with Crippen LogP contribution in [0.4, 0.5) is 10.5 Å². The predicted octanol–water partition coefficient (Wildman–Crippen LogP) is 5.22. The zero-order valence-corrected chi connectivity index (χ0v) is 27.8. The van der Waals surface area contributed by atoms with E-state index in [1.54, 1.807) is 58.9 Å². The van der Waals surface area contributed by atoms with Crippen molar-refractivity contribution >= 4 is 45.1 Å². The number of anilines is 1. The average Bonchev–Trinajstić information content (AvgIpc) is 2.91. The molecule has 1 aromatic carbocycles. The number of halogens is 1. The number of hydrogen-bond acceptors (Lipinski definition) is 9. The molecule has 1 aromatic rings. The van der Waals surface area contributed by atoms with Crippen molar-refractivity contribution in [3.8, 4) is 5.75 Å². The van der Waals surface area contributed by atoms with E-state index in [0.717, 1.165) is 30.2 Å². The lowest BCUT2D eigenvalue weighted by atomic mass is 9.94. The summed E-state index contributed by atoms with van der Waals surface area (Å²) < 4.78 is 44.3. The second kappa shape index (κ2) is 15.1. The minimum atomic E-state index is -4.17. The molecule has 0 aromatic heterocycles. The van der Waals surface area contributed by atoms with E-state index in [0.29, 0.717) is 22.6 Å². The lowest BCUT2D eigenvalue weighted by Crippen LogP contribution is -2.36. The number of esters is 1. The first-order valence-electron chi connectivity index (χ1n) is 14.6. The Kier molecular flexibility index (Phi) is 12.0. The Hall–Kier alpha value is -3.35. The Balaban J connectivity index is 1.84. The molecule has 1 fully saturated rings. The van der Waals surface area contributed by atoms with Crippen LogP contribution in [0.1, 0.15) is 53.9 Å². The van der Waals surface area contributed by atoms with Crippen LogP contribution in [0.15, 0.2) is 53.3 Å². The highest BCUT2D eigenvalue weighted by Crippen LogP contribution is 2.33. The molecule has 0 saturated carbocycles. The van der Waals surface area contributed by atoms with Crippen molar-refractivity contribution in [1.29, 1.82) is 5.41 Å². The molecule has 11 nitrogen and oxygen atoms in total. The molecule has 1 heterocycles. The van der Waals surface area contributed by atoms with Gasteiger partial charge in [-0.15, -0.1) is 0 Å². The van der Waals surface area contributed by atoms with Crippen molar-refractivity contribution in [3.05, 3.63) is 58.3 Å². The van der Waals surface area contributed by atoms with Gasteiger partial charge in [0.2, 0.25) is 10.0 Å². The number of likely N-dealkylation sites (tertiary alicyclic amines) is 1. The average molecular weight is 651 g/mol. The van der Waals surface area contributed by atoms with Crippen molar-refractivity contribution in [2.24, 2.45) is 0 Å². The lowest BCUT2D eigenvalue weighted by molar-refractivity contribution is -0.139. The fourth-order valence-electron chi connectivity index (χ4n) is 4.71. The zero-order valence-electron chi connectivity index (χ0n) is 26.2. The third-order valence-corrected chi connectivity index (χ3v) is 8.86. The van der Waals surface area contributed by atoms with Crippen LogP contribution in [-0.2, 0) is 24.3 Å². The molecular formula is C31H43ClN4O7S. The Morgan fingerprint density at radius 3 is 2.52 bits per heavy atom. The first-order chi connectivity index (χ1) is 20.6. The van der Waals surface area contributed by atoms with Crippen molar-refractivity contribution in [2.75, 3.05) is 43.3 Å². The first-order valence-corrected chi connectivity index (χ1v) is 16.5. The second-order valence-electron chi connectivity index (χ2n) is 11.7. The number of nitrogens with one attached hydrogen (secondary N) is 2. The smallest absolute Gasteiger partial charge is 0.412 e. The topological polar surface area (TPSA) is 138 Å². The summed E-state index contributed by atoms with van der Waals surface area (Å²) in [6.45, 7) is 10.4. The van der Waals surface area contributed by atoms with Gasteiger partial charge in [0, 0.05) is 19.5 Å². The summed E-state index contributed by atoms with van der Waals surface area (Å²) in [5.41, 5.74) is 1.45. The molecule has 0 spiro atoms. The van der Waals surface area contributed by atoms with E-state index in [9.17, 15) is 18.0 Å². The highest BCUT2D eigenvalue weighted by atomic mass is 35.5. The van der Waals surface area contributed by atoms with E-state index in [2.05, 4.69) is 17.3 Å². The van der Waals surface area contributed by atoms with E-state index >= 15 is 0 Å². The molecule has 2 N–H and O–H groups in total. The highest BCUT2D eigenvalue weighted by Gasteiger charge is 2.28. The highest BCUT2D eigenvalue weighted by molar-refractivity contribution is 7.93. The maximum absolute atomic E-state index is 13.4. The van der Waals surface area contributed by atoms with Gasteiger partial charge in [0.25, 0.3) is 0 Å². The van der Waals surface area contributed by atoms with Crippen LogP contribution in [0.3, 0.4) is 0 Å². The molecule has 0 bridgehead atoms. The number of carbonyl (C=O) groups is 2. The number of nitrogens with zero attached hydrogens (tertiary/aromatic N) is 2. The van der Waals surface area contributed by atoms with Crippen LogP contribution < -0.4 is 14.4 Å². The Morgan fingerprint density at radius 1 is 1.23 bits per heavy atom. The van der Waals surface area contributed by atoms with E-state index < -0.39 is 33.4 Å². The molecular weight excluding hydrogens is 608 g/mol. The number of hydrogen-bond donors (Lipinski definition) is 2. The molecule has 44 heavy (non-hydrogen) atoms. The van der Waals surface area contributed by atoms with E-state index in [-0.39, 0.29) is 42.1 Å². The van der Waals surface area contributed by atoms with E-state index in [1.165, 1.54) is 6.07 Å². The molecule has 13 heteroatoms. The van der Waals surface area contributed by atoms with Gasteiger partial charge in [0.05, 0.1) is 35.3 Å². The zero-order chi connectivity index (χ0) is 32.7. The van der Waals surface area contributed by atoms with Crippen molar-refractivity contribution < 1.29 is 32.2 Å². The van der Waals surface area contributed by atoms with Gasteiger partial charge in [-0.05, 0) is 83.9 Å². The normalized spacial score (nSPS) is 17.0. The van der Waals surface area contributed by atoms with Crippen LogP contribution >= 0.6 is 11.6 Å². The number of allylic oxidation sites excluding steroid dienone is 5. The number of benzene rings is 1. The number of amides is 1. The largest absolute Gasteiger partial charge is 0.489 e. The fraction of sp³-hybridized carbons (Fsp3) is 0.516. The number of piperidine rings is 1. The van der Waals surface area contributed by atoms with Gasteiger partial charge in [-0.2, -0.15) is 0 Å². The summed E-state index contributed by atoms with van der Waals surface area (Å²) in [7, 11) is -2.11. The van der Waals surface area contributed by atoms with E-state index in [1.807, 2.05) is 6.08 Å². The third kappa shape index (κ3) is 10.1. The van der Waals surface area contributed by atoms with Gasteiger partial charge >= 0.3 is 12.1 Å². The monoisotopic (exact) mass is 650 g/mol. The summed E-state index contributed by atoms with van der Waals surface area (Å²) >= 11 is 6.57. The summed E-state index contributed by atoms with van der Waals surface area (Å²) in [4.78, 5) is 26.8. The standard InChI is InChI=1S/C31H43ClN4O7S/c1-7-41-28(37)20-44(39,40)36(23-11-13-27(25(32)19-23)42-24-14-17-35(6)18-15-24)16-8-9-22-10-12-26(33)29(21(22)2)34-30(38)43-31(3,4)5/h8-11,13,19,24,33H,7,12,14-18,20H2,1-6H3,(H,34,38)/b9-8+,33-26?. The van der Waals surface area contributed by atoms with Gasteiger partial charge < -0.3 is 24.5 Å². The van der Waals surface area contributed by atoms with Crippen LogP contribution in [0.5, 0.6) is 5.75 Å². The maximum atomic E-state index is 13.4. The molecule has 1 saturated heterocycles. The van der Waals surface area contributed by atoms with Crippen molar-refractivity contribution in [3.63, 3.8) is 0 Å². The fourth-order valence-corrected chi connectivity index (χ4v) is 6.22. The van der Waals surface area contributed by atoms with Crippen molar-refractivity contribution in [1.82, 2.24) is 10.2 Å². The minimum absolute atomic E-state index is 0.0115.